The van der Waals surface area contributed by atoms with Gasteiger partial charge in [0.1, 0.15) is 0 Å². The fourth-order valence-electron chi connectivity index (χ4n) is 2.57. The Bertz CT molecular complexity index is 1040. The molecule has 26 heavy (non-hydrogen) atoms. The van der Waals surface area contributed by atoms with Gasteiger partial charge in [-0.1, -0.05) is 35.3 Å². The maximum atomic E-state index is 12.8. The highest BCUT2D eigenvalue weighted by molar-refractivity contribution is 7.91. The molecule has 1 N–H and O–H groups in total. The second-order valence-electron chi connectivity index (χ2n) is 5.69. The topological polar surface area (TPSA) is 76.0 Å². The minimum Gasteiger partial charge on any atom is -0.414 e. The molecule has 1 atom stereocenters. The van der Waals surface area contributed by atoms with Gasteiger partial charge in [0, 0.05) is 22.4 Å². The van der Waals surface area contributed by atoms with Crippen molar-refractivity contribution in [1.29, 1.82) is 0 Å². The van der Waals surface area contributed by atoms with Gasteiger partial charge in [0.25, 0.3) is 4.84 Å². The van der Waals surface area contributed by atoms with Crippen molar-refractivity contribution in [2.75, 3.05) is 5.75 Å². The number of halogens is 2. The van der Waals surface area contributed by atoms with Gasteiger partial charge < -0.3 is 4.42 Å². The lowest BCUT2D eigenvalue weighted by Crippen LogP contribution is -2.17. The van der Waals surface area contributed by atoms with E-state index in [1.807, 2.05) is 0 Å². The van der Waals surface area contributed by atoms with E-state index in [0.717, 1.165) is 5.56 Å². The van der Waals surface area contributed by atoms with E-state index in [0.29, 0.717) is 15.9 Å². The van der Waals surface area contributed by atoms with Crippen LogP contribution in [-0.4, -0.2) is 24.4 Å². The summed E-state index contributed by atoms with van der Waals surface area (Å²) in [5.74, 6) is -0.151. The highest BCUT2D eigenvalue weighted by Crippen LogP contribution is 2.27. The number of nitrogens with zero attached hydrogens (tertiary/aromatic N) is 1. The lowest BCUT2D eigenvalue weighted by atomic mass is 9.98. The molecule has 3 aromatic rings. The summed E-state index contributed by atoms with van der Waals surface area (Å²) in [6.07, 6.45) is 0.279. The Morgan fingerprint density at radius 2 is 1.62 bits per heavy atom. The first-order valence-electron chi connectivity index (χ1n) is 7.62. The number of hydrogen-bond acceptors (Lipinski definition) is 5. The van der Waals surface area contributed by atoms with E-state index in [4.69, 9.17) is 39.8 Å². The second kappa shape index (κ2) is 7.92. The quantitative estimate of drug-likeness (QED) is 0.568. The maximum Gasteiger partial charge on any atom is 0.284 e. The number of H-pyrrole nitrogens is 1. The Balaban J connectivity index is 1.93. The molecule has 3 rings (SSSR count). The van der Waals surface area contributed by atoms with Gasteiger partial charge in [0.15, 0.2) is 9.84 Å². The Kier molecular flexibility index (Phi) is 5.82. The number of aromatic nitrogens is 2. The molecule has 1 unspecified atom stereocenters. The van der Waals surface area contributed by atoms with Crippen molar-refractivity contribution in [3.8, 4) is 0 Å². The van der Waals surface area contributed by atoms with Crippen molar-refractivity contribution in [3.05, 3.63) is 74.9 Å². The van der Waals surface area contributed by atoms with Crippen LogP contribution in [-0.2, 0) is 16.3 Å². The molecule has 0 aliphatic carbocycles. The lowest BCUT2D eigenvalue weighted by Gasteiger charge is -2.16. The summed E-state index contributed by atoms with van der Waals surface area (Å²) < 4.78 is 31.0. The molecule has 0 spiro atoms. The summed E-state index contributed by atoms with van der Waals surface area (Å²) in [5.41, 5.74) is 0.816. The van der Waals surface area contributed by atoms with Crippen LogP contribution in [0.3, 0.4) is 0 Å². The fraction of sp³-hybridized carbons (Fsp3) is 0.176. The zero-order chi connectivity index (χ0) is 18.7. The summed E-state index contributed by atoms with van der Waals surface area (Å²) in [5, 5.41) is 7.58. The smallest absolute Gasteiger partial charge is 0.284 e. The van der Waals surface area contributed by atoms with Crippen molar-refractivity contribution in [2.24, 2.45) is 0 Å². The van der Waals surface area contributed by atoms with Crippen LogP contribution in [0.25, 0.3) is 0 Å². The van der Waals surface area contributed by atoms with Gasteiger partial charge in [-0.25, -0.2) is 13.5 Å². The first kappa shape index (κ1) is 19.1. The van der Waals surface area contributed by atoms with Crippen molar-refractivity contribution >= 4 is 45.3 Å². The molecule has 0 saturated heterocycles. The van der Waals surface area contributed by atoms with Crippen molar-refractivity contribution in [3.63, 3.8) is 0 Å². The third-order valence-corrected chi connectivity index (χ3v) is 6.35. The minimum atomic E-state index is -3.55. The molecule has 136 valence electrons. The van der Waals surface area contributed by atoms with Gasteiger partial charge in [-0.15, -0.1) is 5.10 Å². The summed E-state index contributed by atoms with van der Waals surface area (Å²) in [4.78, 5) is 0.360. The summed E-state index contributed by atoms with van der Waals surface area (Å²) >= 11 is 16.7. The molecular weight excluding hydrogens is 415 g/mol. The molecular formula is C17H14Cl2N2O3S2. The fourth-order valence-corrected chi connectivity index (χ4v) is 4.55. The second-order valence-corrected chi connectivity index (χ2v) is 8.97. The SMILES string of the molecule is O=S(=O)(CC(Cc1n[nH]c(=S)o1)c1ccc(Cl)cc1)c1ccc(Cl)cc1. The van der Waals surface area contributed by atoms with Gasteiger partial charge in [-0.05, 0) is 54.2 Å². The van der Waals surface area contributed by atoms with E-state index >= 15 is 0 Å². The zero-order valence-electron chi connectivity index (χ0n) is 13.4. The van der Waals surface area contributed by atoms with Crippen molar-refractivity contribution in [2.45, 2.75) is 17.2 Å². The highest BCUT2D eigenvalue weighted by Gasteiger charge is 2.24. The van der Waals surface area contributed by atoms with Gasteiger partial charge in [-0.2, -0.15) is 0 Å². The Morgan fingerprint density at radius 1 is 1.04 bits per heavy atom. The number of nitrogens with one attached hydrogen (secondary N) is 1. The van der Waals surface area contributed by atoms with Crippen molar-refractivity contribution in [1.82, 2.24) is 10.2 Å². The van der Waals surface area contributed by atoms with E-state index in [1.165, 1.54) is 12.1 Å². The van der Waals surface area contributed by atoms with Crippen LogP contribution in [0.2, 0.25) is 10.0 Å². The Labute approximate surface area is 165 Å². The summed E-state index contributed by atoms with van der Waals surface area (Å²) in [6, 6.07) is 13.1. The number of hydrogen-bond donors (Lipinski definition) is 1. The molecule has 1 aromatic heterocycles. The average molecular weight is 429 g/mol. The molecule has 9 heteroatoms. The van der Waals surface area contributed by atoms with Gasteiger partial charge in [0.05, 0.1) is 10.6 Å². The molecule has 0 saturated carbocycles. The third kappa shape index (κ3) is 4.73. The van der Waals surface area contributed by atoms with Crippen LogP contribution in [0.15, 0.2) is 57.8 Å². The predicted molar refractivity (Wildman–Crippen MR) is 103 cm³/mol. The van der Waals surface area contributed by atoms with Gasteiger partial charge in [-0.3, -0.25) is 0 Å². The third-order valence-electron chi connectivity index (χ3n) is 3.84. The van der Waals surface area contributed by atoms with Crippen LogP contribution in [0.4, 0.5) is 0 Å². The minimum absolute atomic E-state index is 0.120. The van der Waals surface area contributed by atoms with Crippen LogP contribution in [0.1, 0.15) is 17.4 Å². The Hall–Kier alpha value is -1.67. The van der Waals surface area contributed by atoms with E-state index in [-0.39, 0.29) is 27.8 Å². The van der Waals surface area contributed by atoms with Crippen LogP contribution in [0.5, 0.6) is 0 Å². The maximum absolute atomic E-state index is 12.8. The van der Waals surface area contributed by atoms with Gasteiger partial charge in [0.2, 0.25) is 5.89 Å². The van der Waals surface area contributed by atoms with E-state index in [9.17, 15) is 8.42 Å². The highest BCUT2D eigenvalue weighted by atomic mass is 35.5. The van der Waals surface area contributed by atoms with E-state index in [1.54, 1.807) is 36.4 Å². The number of benzene rings is 2. The molecule has 1 heterocycles. The predicted octanol–water partition coefficient (Wildman–Crippen LogP) is 4.84. The number of aromatic amines is 1. The molecule has 0 amide bonds. The monoisotopic (exact) mass is 428 g/mol. The summed E-state index contributed by atoms with van der Waals surface area (Å²) in [6.45, 7) is 0. The molecule has 0 fully saturated rings. The van der Waals surface area contributed by atoms with Crippen molar-refractivity contribution < 1.29 is 12.8 Å². The van der Waals surface area contributed by atoms with Crippen LogP contribution in [0, 0.1) is 4.84 Å². The zero-order valence-corrected chi connectivity index (χ0v) is 16.5. The van der Waals surface area contributed by atoms with Gasteiger partial charge >= 0.3 is 0 Å². The standard InChI is InChI=1S/C17H14Cl2N2O3S2/c18-13-3-1-11(2-4-13)12(9-16-20-21-17(25)24-16)10-26(22,23)15-7-5-14(19)6-8-15/h1-8,12H,9-10H2,(H,21,25). The first-order chi connectivity index (χ1) is 12.3. The van der Waals surface area contributed by atoms with E-state index in [2.05, 4.69) is 10.2 Å². The molecule has 0 radical (unpaired) electrons. The lowest BCUT2D eigenvalue weighted by molar-refractivity contribution is 0.465. The average Bonchev–Trinajstić information content (AvgIpc) is 3.00. The molecule has 0 aliphatic heterocycles. The molecule has 2 aromatic carbocycles. The largest absolute Gasteiger partial charge is 0.414 e. The van der Waals surface area contributed by atoms with E-state index < -0.39 is 9.84 Å². The molecule has 5 nitrogen and oxygen atoms in total. The first-order valence-corrected chi connectivity index (χ1v) is 10.4. The molecule has 0 aliphatic rings. The number of rotatable bonds is 6. The molecule has 0 bridgehead atoms. The summed E-state index contributed by atoms with van der Waals surface area (Å²) in [7, 11) is -3.55. The normalized spacial score (nSPS) is 12.8. The number of sulfone groups is 1. The van der Waals surface area contributed by atoms with Crippen LogP contribution >= 0.6 is 35.4 Å². The Morgan fingerprint density at radius 3 is 2.15 bits per heavy atom. The van der Waals surface area contributed by atoms with Crippen LogP contribution < -0.4 is 0 Å².